The maximum atomic E-state index is 13.2. The number of hydrogen-bond donors (Lipinski definition) is 0. The Hall–Kier alpha value is -4.05. The fraction of sp³-hybridized carbons (Fsp3) is 0.375. The number of hydrogen-bond acceptors (Lipinski definition) is 5. The van der Waals surface area contributed by atoms with Crippen LogP contribution in [-0.4, -0.2) is 64.6 Å². The highest BCUT2D eigenvalue weighted by atomic mass is 19.4. The maximum absolute atomic E-state index is 13.2. The first kappa shape index (κ1) is 29.4. The van der Waals surface area contributed by atoms with Crippen LogP contribution in [0.5, 0.6) is 17.2 Å². The Morgan fingerprint density at radius 3 is 2.36 bits per heavy atom. The van der Waals surface area contributed by atoms with Gasteiger partial charge in [0.15, 0.2) is 0 Å². The van der Waals surface area contributed by atoms with Gasteiger partial charge in [-0.25, -0.2) is 4.98 Å². The molecule has 1 aliphatic rings. The van der Waals surface area contributed by atoms with Crippen molar-refractivity contribution in [2.24, 2.45) is 0 Å². The summed E-state index contributed by atoms with van der Waals surface area (Å²) < 4.78 is 53.6. The van der Waals surface area contributed by atoms with E-state index in [-0.39, 0.29) is 11.7 Å². The number of rotatable bonds is 10. The van der Waals surface area contributed by atoms with E-state index < -0.39 is 11.7 Å². The van der Waals surface area contributed by atoms with Gasteiger partial charge in [0.2, 0.25) is 5.91 Å². The highest BCUT2D eigenvalue weighted by Gasteiger charge is 2.30. The molecule has 1 amide bonds. The molecular formula is C32H35F3N4O3. The fourth-order valence-corrected chi connectivity index (χ4v) is 5.10. The average molecular weight is 581 g/mol. The van der Waals surface area contributed by atoms with Gasteiger partial charge in [0.05, 0.1) is 16.6 Å². The molecule has 0 radical (unpaired) electrons. The van der Waals surface area contributed by atoms with Crippen molar-refractivity contribution >= 4 is 16.9 Å². The van der Waals surface area contributed by atoms with Crippen LogP contribution < -0.4 is 9.47 Å². The summed E-state index contributed by atoms with van der Waals surface area (Å²) >= 11 is 0. The molecule has 7 nitrogen and oxygen atoms in total. The number of carbonyl (C=O) groups excluding carboxylic acids is 1. The van der Waals surface area contributed by atoms with Crippen LogP contribution in [0.2, 0.25) is 0 Å². The number of amides is 1. The van der Waals surface area contributed by atoms with Gasteiger partial charge in [-0.3, -0.25) is 9.69 Å². The molecule has 4 aromatic rings. The zero-order chi connectivity index (χ0) is 29.7. The highest BCUT2D eigenvalue weighted by molar-refractivity contribution is 5.82. The van der Waals surface area contributed by atoms with Gasteiger partial charge < -0.3 is 18.9 Å². The van der Waals surface area contributed by atoms with Gasteiger partial charge in [0, 0.05) is 57.8 Å². The lowest BCUT2D eigenvalue weighted by atomic mass is 10.2. The second kappa shape index (κ2) is 12.9. The van der Waals surface area contributed by atoms with E-state index in [1.54, 1.807) is 19.1 Å². The number of carbonyl (C=O) groups is 1. The van der Waals surface area contributed by atoms with Gasteiger partial charge in [-0.2, -0.15) is 13.2 Å². The van der Waals surface area contributed by atoms with E-state index in [0.29, 0.717) is 12.4 Å². The second-order valence-corrected chi connectivity index (χ2v) is 10.4. The molecular weight excluding hydrogens is 545 g/mol. The Bertz CT molecular complexity index is 1530. The van der Waals surface area contributed by atoms with Crippen molar-refractivity contribution in [1.29, 1.82) is 0 Å². The SMILES string of the molecule is CCCCn1c(-c2cccc(Oc3cccc(C(F)(F)F)c3)c2)nc2ccc(OCCN3CCN(C(C)=O)CC3)cc21. The first-order chi connectivity index (χ1) is 20.2. The Kier molecular flexibility index (Phi) is 9.01. The number of aromatic nitrogens is 2. The first-order valence-corrected chi connectivity index (χ1v) is 14.3. The van der Waals surface area contributed by atoms with Gasteiger partial charge in [0.25, 0.3) is 0 Å². The molecule has 0 spiro atoms. The Morgan fingerprint density at radius 2 is 1.64 bits per heavy atom. The number of benzene rings is 3. The smallest absolute Gasteiger partial charge is 0.416 e. The van der Waals surface area contributed by atoms with Crippen LogP contribution in [0.15, 0.2) is 66.7 Å². The van der Waals surface area contributed by atoms with E-state index >= 15 is 0 Å². The molecule has 0 aliphatic carbocycles. The Balaban J connectivity index is 1.33. The van der Waals surface area contributed by atoms with Crippen molar-refractivity contribution < 1.29 is 27.4 Å². The molecule has 1 aliphatic heterocycles. The molecule has 3 aromatic carbocycles. The number of imidazole rings is 1. The standard InChI is InChI=1S/C32H35F3N4O3/c1-3-4-13-39-30-22-26(41-19-18-37-14-16-38(17-15-37)23(2)40)11-12-29(30)36-31(39)24-7-5-9-27(20-24)42-28-10-6-8-25(21-28)32(33,34)35/h5-12,20-22H,3-4,13-19H2,1-2H3. The van der Waals surface area contributed by atoms with Crippen LogP contribution in [0.1, 0.15) is 32.3 Å². The van der Waals surface area contributed by atoms with Gasteiger partial charge in [0.1, 0.15) is 29.7 Å². The van der Waals surface area contributed by atoms with Crippen molar-refractivity contribution in [3.8, 4) is 28.6 Å². The van der Waals surface area contributed by atoms with Crippen molar-refractivity contribution in [2.75, 3.05) is 39.3 Å². The maximum Gasteiger partial charge on any atom is 0.416 e. The fourth-order valence-electron chi connectivity index (χ4n) is 5.10. The minimum absolute atomic E-state index is 0.115. The molecule has 0 bridgehead atoms. The van der Waals surface area contributed by atoms with Crippen LogP contribution in [0.3, 0.4) is 0 Å². The van der Waals surface area contributed by atoms with E-state index in [0.717, 1.165) is 92.4 Å². The molecule has 0 atom stereocenters. The second-order valence-electron chi connectivity index (χ2n) is 10.4. The van der Waals surface area contributed by atoms with Gasteiger partial charge in [-0.15, -0.1) is 0 Å². The summed E-state index contributed by atoms with van der Waals surface area (Å²) in [4.78, 5) is 20.6. The van der Waals surface area contributed by atoms with Gasteiger partial charge in [-0.1, -0.05) is 31.5 Å². The number of halogens is 3. The first-order valence-electron chi connectivity index (χ1n) is 14.3. The zero-order valence-corrected chi connectivity index (χ0v) is 23.9. The highest BCUT2D eigenvalue weighted by Crippen LogP contribution is 2.34. The van der Waals surface area contributed by atoms with Crippen molar-refractivity contribution in [1.82, 2.24) is 19.4 Å². The molecule has 0 saturated carbocycles. The number of nitrogens with zero attached hydrogens (tertiary/aromatic N) is 4. The summed E-state index contributed by atoms with van der Waals surface area (Å²) in [7, 11) is 0. The van der Waals surface area contributed by atoms with Crippen LogP contribution in [-0.2, 0) is 17.5 Å². The Labute approximate surface area is 243 Å². The molecule has 42 heavy (non-hydrogen) atoms. The zero-order valence-electron chi connectivity index (χ0n) is 23.9. The average Bonchev–Trinajstić information content (AvgIpc) is 3.34. The van der Waals surface area contributed by atoms with E-state index in [4.69, 9.17) is 14.5 Å². The predicted molar refractivity (Wildman–Crippen MR) is 156 cm³/mol. The normalized spacial score (nSPS) is 14.4. The molecule has 0 N–H and O–H groups in total. The van der Waals surface area contributed by atoms with Crippen LogP contribution in [0, 0.1) is 0 Å². The lowest BCUT2D eigenvalue weighted by Crippen LogP contribution is -2.48. The van der Waals surface area contributed by atoms with Crippen molar-refractivity contribution in [2.45, 2.75) is 39.4 Å². The Morgan fingerprint density at radius 1 is 0.905 bits per heavy atom. The largest absolute Gasteiger partial charge is 0.492 e. The number of fused-ring (bicyclic) bond motifs is 1. The van der Waals surface area contributed by atoms with Gasteiger partial charge >= 0.3 is 6.18 Å². The van der Waals surface area contributed by atoms with E-state index in [2.05, 4.69) is 16.4 Å². The van der Waals surface area contributed by atoms with Crippen molar-refractivity contribution in [3.63, 3.8) is 0 Å². The molecule has 10 heteroatoms. The van der Waals surface area contributed by atoms with E-state index in [9.17, 15) is 18.0 Å². The van der Waals surface area contributed by atoms with Crippen LogP contribution in [0.4, 0.5) is 13.2 Å². The molecule has 1 aromatic heterocycles. The van der Waals surface area contributed by atoms with E-state index in [1.807, 2.05) is 35.2 Å². The molecule has 1 fully saturated rings. The number of piperazine rings is 1. The van der Waals surface area contributed by atoms with Crippen LogP contribution >= 0.6 is 0 Å². The molecule has 5 rings (SSSR count). The number of ether oxygens (including phenoxy) is 2. The molecule has 2 heterocycles. The summed E-state index contributed by atoms with van der Waals surface area (Å²) in [5.74, 6) is 2.18. The third kappa shape index (κ3) is 7.05. The summed E-state index contributed by atoms with van der Waals surface area (Å²) in [6.45, 7) is 8.98. The van der Waals surface area contributed by atoms with Crippen molar-refractivity contribution in [3.05, 3.63) is 72.3 Å². The monoisotopic (exact) mass is 580 g/mol. The quantitative estimate of drug-likeness (QED) is 0.205. The van der Waals surface area contributed by atoms with Crippen LogP contribution in [0.25, 0.3) is 22.4 Å². The summed E-state index contributed by atoms with van der Waals surface area (Å²) in [5.41, 5.74) is 1.83. The van der Waals surface area contributed by atoms with E-state index in [1.165, 1.54) is 12.1 Å². The minimum atomic E-state index is -4.44. The molecule has 1 saturated heterocycles. The topological polar surface area (TPSA) is 59.8 Å². The summed E-state index contributed by atoms with van der Waals surface area (Å²) in [5, 5.41) is 0. The number of alkyl halides is 3. The molecule has 0 unspecified atom stereocenters. The summed E-state index contributed by atoms with van der Waals surface area (Å²) in [6.07, 6.45) is -2.49. The van der Waals surface area contributed by atoms with Gasteiger partial charge in [-0.05, 0) is 48.9 Å². The number of unbranched alkanes of at least 4 members (excludes halogenated alkanes) is 1. The lowest BCUT2D eigenvalue weighted by molar-refractivity contribution is -0.137. The summed E-state index contributed by atoms with van der Waals surface area (Å²) in [6, 6.07) is 18.0. The minimum Gasteiger partial charge on any atom is -0.492 e. The predicted octanol–water partition coefficient (Wildman–Crippen LogP) is 6.86. The molecule has 222 valence electrons. The lowest BCUT2D eigenvalue weighted by Gasteiger charge is -2.34. The third-order valence-electron chi connectivity index (χ3n) is 7.44. The number of aryl methyl sites for hydroxylation is 1. The third-order valence-corrected chi connectivity index (χ3v) is 7.44.